The van der Waals surface area contributed by atoms with Gasteiger partial charge in [0, 0.05) is 6.04 Å². The Balaban J connectivity index is 2.41. The summed E-state index contributed by atoms with van der Waals surface area (Å²) < 4.78 is 0. The fourth-order valence-electron chi connectivity index (χ4n) is 1.63. The highest BCUT2D eigenvalue weighted by molar-refractivity contribution is 5.32. The van der Waals surface area contributed by atoms with Crippen molar-refractivity contribution in [2.45, 2.75) is 38.8 Å². The Morgan fingerprint density at radius 2 is 2.00 bits per heavy atom. The molecular weight excluding hydrogens is 212 g/mol. The predicted molar refractivity (Wildman–Crippen MR) is 68.5 cm³/mol. The highest BCUT2D eigenvalue weighted by Gasteiger charge is 2.06. The lowest BCUT2D eigenvalue weighted by atomic mass is 10.1. The third kappa shape index (κ3) is 4.56. The second-order valence-electron chi connectivity index (χ2n) is 4.26. The Hall–Kier alpha value is -1.37. The normalized spacial score (nSPS) is 14.0. The Labute approximate surface area is 103 Å². The molecule has 17 heavy (non-hydrogen) atoms. The number of aliphatic hydroxyl groups is 1. The van der Waals surface area contributed by atoms with Gasteiger partial charge in [-0.1, -0.05) is 19.1 Å². The molecule has 92 valence electrons. The van der Waals surface area contributed by atoms with Crippen LogP contribution in [-0.2, 0) is 0 Å². The molecule has 0 bridgehead atoms. The first-order valence-corrected chi connectivity index (χ1v) is 6.09. The molecule has 0 saturated carbocycles. The molecule has 0 aliphatic carbocycles. The van der Waals surface area contributed by atoms with Crippen LogP contribution in [0.5, 0.6) is 0 Å². The molecule has 1 rings (SSSR count). The summed E-state index contributed by atoms with van der Waals surface area (Å²) in [6.45, 7) is 4.87. The number of hydrogen-bond acceptors (Lipinski definition) is 3. The summed E-state index contributed by atoms with van der Waals surface area (Å²) in [5.74, 6) is 0. The largest absolute Gasteiger partial charge is 0.393 e. The topological polar surface area (TPSA) is 56.0 Å². The van der Waals surface area contributed by atoms with Crippen LogP contribution in [0.1, 0.15) is 43.9 Å². The van der Waals surface area contributed by atoms with E-state index in [0.717, 1.165) is 24.9 Å². The maximum Gasteiger partial charge on any atom is 0.0991 e. The zero-order valence-corrected chi connectivity index (χ0v) is 10.5. The molecule has 2 atom stereocenters. The van der Waals surface area contributed by atoms with Gasteiger partial charge in [-0.25, -0.2) is 0 Å². The van der Waals surface area contributed by atoms with E-state index in [1.54, 1.807) is 0 Å². The van der Waals surface area contributed by atoms with Gasteiger partial charge in [-0.05, 0) is 44.0 Å². The van der Waals surface area contributed by atoms with Crippen LogP contribution in [0.25, 0.3) is 0 Å². The van der Waals surface area contributed by atoms with Crippen molar-refractivity contribution in [1.82, 2.24) is 5.32 Å². The van der Waals surface area contributed by atoms with E-state index in [1.807, 2.05) is 31.2 Å². The van der Waals surface area contributed by atoms with Crippen molar-refractivity contribution in [3.63, 3.8) is 0 Å². The lowest BCUT2D eigenvalue weighted by Crippen LogP contribution is -2.23. The van der Waals surface area contributed by atoms with Gasteiger partial charge in [0.2, 0.25) is 0 Å². The molecule has 3 nitrogen and oxygen atoms in total. The van der Waals surface area contributed by atoms with Crippen molar-refractivity contribution in [3.8, 4) is 6.07 Å². The van der Waals surface area contributed by atoms with Gasteiger partial charge in [0.15, 0.2) is 0 Å². The Kier molecular flexibility index (Phi) is 5.68. The van der Waals surface area contributed by atoms with Gasteiger partial charge in [-0.2, -0.15) is 5.26 Å². The maximum absolute atomic E-state index is 9.43. The van der Waals surface area contributed by atoms with Gasteiger partial charge in [0.1, 0.15) is 0 Å². The summed E-state index contributed by atoms with van der Waals surface area (Å²) >= 11 is 0. The first kappa shape index (κ1) is 13.7. The van der Waals surface area contributed by atoms with E-state index in [2.05, 4.69) is 18.3 Å². The van der Waals surface area contributed by atoms with E-state index in [4.69, 9.17) is 5.26 Å². The van der Waals surface area contributed by atoms with E-state index < -0.39 is 0 Å². The van der Waals surface area contributed by atoms with Gasteiger partial charge in [0.25, 0.3) is 0 Å². The molecule has 0 aliphatic rings. The second-order valence-corrected chi connectivity index (χ2v) is 4.26. The van der Waals surface area contributed by atoms with Crippen LogP contribution in [0.2, 0.25) is 0 Å². The van der Waals surface area contributed by atoms with E-state index in [1.165, 1.54) is 0 Å². The minimum atomic E-state index is -0.212. The Morgan fingerprint density at radius 3 is 2.53 bits per heavy atom. The molecule has 3 heteroatoms. The monoisotopic (exact) mass is 232 g/mol. The molecular formula is C14H20N2O. The van der Waals surface area contributed by atoms with Crippen molar-refractivity contribution < 1.29 is 5.11 Å². The summed E-state index contributed by atoms with van der Waals surface area (Å²) in [6.07, 6.45) is 1.36. The van der Waals surface area contributed by atoms with Gasteiger partial charge in [-0.3, -0.25) is 0 Å². The van der Waals surface area contributed by atoms with E-state index >= 15 is 0 Å². The molecule has 1 aromatic carbocycles. The third-order valence-corrected chi connectivity index (χ3v) is 2.94. The Bertz CT molecular complexity index is 367. The molecule has 0 fully saturated rings. The molecule has 2 N–H and O–H groups in total. The number of nitrogens with zero attached hydrogens (tertiary/aromatic N) is 1. The van der Waals surface area contributed by atoms with E-state index in [0.29, 0.717) is 5.56 Å². The molecule has 0 spiro atoms. The van der Waals surface area contributed by atoms with E-state index in [9.17, 15) is 5.11 Å². The quantitative estimate of drug-likeness (QED) is 0.791. The minimum Gasteiger partial charge on any atom is -0.393 e. The Morgan fingerprint density at radius 1 is 1.35 bits per heavy atom. The van der Waals surface area contributed by atoms with Crippen LogP contribution >= 0.6 is 0 Å². The van der Waals surface area contributed by atoms with E-state index in [-0.39, 0.29) is 12.1 Å². The summed E-state index contributed by atoms with van der Waals surface area (Å²) in [4.78, 5) is 0. The summed E-state index contributed by atoms with van der Waals surface area (Å²) in [6, 6.07) is 9.93. The molecule has 0 heterocycles. The van der Waals surface area contributed by atoms with Gasteiger partial charge in [0.05, 0.1) is 17.7 Å². The SMILES string of the molecule is CCC(O)CCNC(C)c1ccc(C#N)cc1. The third-order valence-electron chi connectivity index (χ3n) is 2.94. The van der Waals surface area contributed by atoms with Crippen molar-refractivity contribution in [3.05, 3.63) is 35.4 Å². The maximum atomic E-state index is 9.43. The first-order chi connectivity index (χ1) is 8.17. The average Bonchev–Trinajstić information content (AvgIpc) is 2.38. The van der Waals surface area contributed by atoms with Crippen LogP contribution in [-0.4, -0.2) is 17.8 Å². The van der Waals surface area contributed by atoms with Crippen molar-refractivity contribution >= 4 is 0 Å². The van der Waals surface area contributed by atoms with Gasteiger partial charge >= 0.3 is 0 Å². The number of rotatable bonds is 6. The summed E-state index contributed by atoms with van der Waals surface area (Å²) in [5, 5.41) is 21.5. The fourth-order valence-corrected chi connectivity index (χ4v) is 1.63. The lowest BCUT2D eigenvalue weighted by Gasteiger charge is -2.15. The molecule has 0 aliphatic heterocycles. The zero-order valence-electron chi connectivity index (χ0n) is 10.5. The number of benzene rings is 1. The minimum absolute atomic E-state index is 0.212. The van der Waals surface area contributed by atoms with Crippen molar-refractivity contribution in [1.29, 1.82) is 5.26 Å². The van der Waals surface area contributed by atoms with Crippen LogP contribution in [0.15, 0.2) is 24.3 Å². The smallest absolute Gasteiger partial charge is 0.0991 e. The highest BCUT2D eigenvalue weighted by Crippen LogP contribution is 2.13. The number of hydrogen-bond donors (Lipinski definition) is 2. The second kappa shape index (κ2) is 7.05. The van der Waals surface area contributed by atoms with Crippen molar-refractivity contribution in [2.24, 2.45) is 0 Å². The van der Waals surface area contributed by atoms with Crippen LogP contribution < -0.4 is 5.32 Å². The van der Waals surface area contributed by atoms with Crippen LogP contribution in [0.3, 0.4) is 0 Å². The molecule has 0 amide bonds. The van der Waals surface area contributed by atoms with Crippen LogP contribution in [0, 0.1) is 11.3 Å². The van der Waals surface area contributed by atoms with Gasteiger partial charge in [-0.15, -0.1) is 0 Å². The van der Waals surface area contributed by atoms with Crippen LogP contribution in [0.4, 0.5) is 0 Å². The van der Waals surface area contributed by atoms with Crippen molar-refractivity contribution in [2.75, 3.05) is 6.54 Å². The molecule has 0 saturated heterocycles. The summed E-state index contributed by atoms with van der Waals surface area (Å²) in [5.41, 5.74) is 1.84. The zero-order chi connectivity index (χ0) is 12.7. The molecule has 0 aromatic heterocycles. The number of nitriles is 1. The molecule has 0 radical (unpaired) electrons. The lowest BCUT2D eigenvalue weighted by molar-refractivity contribution is 0.159. The first-order valence-electron chi connectivity index (χ1n) is 6.09. The standard InChI is InChI=1S/C14H20N2O/c1-3-14(17)8-9-16-11(2)13-6-4-12(10-15)5-7-13/h4-7,11,14,16-17H,3,8-9H2,1-2H3. The summed E-state index contributed by atoms with van der Waals surface area (Å²) in [7, 11) is 0. The number of nitrogens with one attached hydrogen (secondary N) is 1. The fraction of sp³-hybridized carbons (Fsp3) is 0.500. The average molecular weight is 232 g/mol. The number of aliphatic hydroxyl groups excluding tert-OH is 1. The molecule has 1 aromatic rings. The molecule has 2 unspecified atom stereocenters. The van der Waals surface area contributed by atoms with Gasteiger partial charge < -0.3 is 10.4 Å². The predicted octanol–water partition coefficient (Wildman–Crippen LogP) is 2.37. The highest BCUT2D eigenvalue weighted by atomic mass is 16.3.